The molecule has 0 aliphatic heterocycles. The normalized spacial score (nSPS) is 9.74. The van der Waals surface area contributed by atoms with E-state index in [2.05, 4.69) is 0 Å². The molecule has 19 heavy (non-hydrogen) atoms. The minimum absolute atomic E-state index is 0.140. The topological polar surface area (TPSA) is 102 Å². The van der Waals surface area contributed by atoms with Crippen molar-refractivity contribution in [3.05, 3.63) is 16.0 Å². The van der Waals surface area contributed by atoms with Crippen LogP contribution in [0.4, 0.5) is 5.00 Å². The summed E-state index contributed by atoms with van der Waals surface area (Å²) < 4.78 is 9.69. The van der Waals surface area contributed by atoms with Gasteiger partial charge in [-0.15, -0.1) is 11.3 Å². The van der Waals surface area contributed by atoms with Crippen molar-refractivity contribution >= 4 is 28.3 Å². The Morgan fingerprint density at radius 2 is 1.95 bits per heavy atom. The van der Waals surface area contributed by atoms with Gasteiger partial charge in [0, 0.05) is 5.56 Å². The molecule has 0 unspecified atom stereocenters. The van der Waals surface area contributed by atoms with E-state index in [9.17, 15) is 9.59 Å². The first-order valence-corrected chi connectivity index (χ1v) is 6.50. The van der Waals surface area contributed by atoms with Crippen molar-refractivity contribution in [1.29, 1.82) is 5.26 Å². The van der Waals surface area contributed by atoms with Gasteiger partial charge >= 0.3 is 11.9 Å². The Morgan fingerprint density at radius 3 is 2.47 bits per heavy atom. The number of ether oxygens (including phenoxy) is 2. The summed E-state index contributed by atoms with van der Waals surface area (Å²) in [5.74, 6) is -1.10. The highest BCUT2D eigenvalue weighted by atomic mass is 32.1. The second kappa shape index (κ2) is 6.75. The molecule has 0 spiro atoms. The third-order valence-corrected chi connectivity index (χ3v) is 3.27. The van der Waals surface area contributed by atoms with Crippen LogP contribution in [0.5, 0.6) is 0 Å². The Morgan fingerprint density at radius 1 is 1.32 bits per heavy atom. The zero-order valence-electron chi connectivity index (χ0n) is 10.7. The van der Waals surface area contributed by atoms with Gasteiger partial charge in [-0.1, -0.05) is 0 Å². The Kier molecular flexibility index (Phi) is 5.33. The highest BCUT2D eigenvalue weighted by Crippen LogP contribution is 2.31. The number of nitrogens with zero attached hydrogens (tertiary/aromatic N) is 1. The second-order valence-corrected chi connectivity index (χ2v) is 4.52. The van der Waals surface area contributed by atoms with E-state index < -0.39 is 11.9 Å². The number of thiophene rings is 1. The molecule has 0 saturated heterocycles. The summed E-state index contributed by atoms with van der Waals surface area (Å²) in [5.41, 5.74) is 6.09. The number of nitrogen functional groups attached to an aromatic ring is 1. The van der Waals surface area contributed by atoms with E-state index in [1.165, 1.54) is 0 Å². The maximum Gasteiger partial charge on any atom is 0.348 e. The maximum absolute atomic E-state index is 11.8. The van der Waals surface area contributed by atoms with E-state index in [0.717, 1.165) is 11.3 Å². The number of carbonyl (C=O) groups excluding carboxylic acids is 2. The molecule has 0 aliphatic carbocycles. The lowest BCUT2D eigenvalue weighted by atomic mass is 10.1. The number of nitriles is 1. The minimum Gasteiger partial charge on any atom is -0.466 e. The van der Waals surface area contributed by atoms with Gasteiger partial charge in [0.05, 0.1) is 25.2 Å². The van der Waals surface area contributed by atoms with E-state index in [4.69, 9.17) is 20.5 Å². The fourth-order valence-corrected chi connectivity index (χ4v) is 2.42. The Bertz CT molecular complexity index is 531. The molecule has 1 rings (SSSR count). The molecule has 0 bridgehead atoms. The molecule has 1 aromatic rings. The molecule has 0 amide bonds. The Balaban J connectivity index is 3.14. The number of carbonyl (C=O) groups is 2. The zero-order chi connectivity index (χ0) is 14.4. The van der Waals surface area contributed by atoms with Crippen LogP contribution < -0.4 is 5.73 Å². The van der Waals surface area contributed by atoms with Gasteiger partial charge in [0.15, 0.2) is 0 Å². The van der Waals surface area contributed by atoms with E-state index in [1.807, 2.05) is 6.07 Å². The third kappa shape index (κ3) is 3.45. The molecule has 0 fully saturated rings. The van der Waals surface area contributed by atoms with Gasteiger partial charge in [-0.05, 0) is 13.8 Å². The van der Waals surface area contributed by atoms with Crippen LogP contribution in [-0.4, -0.2) is 25.2 Å². The fraction of sp³-hybridized carbons (Fsp3) is 0.417. The maximum atomic E-state index is 11.8. The largest absolute Gasteiger partial charge is 0.466 e. The zero-order valence-corrected chi connectivity index (χ0v) is 11.5. The first-order valence-electron chi connectivity index (χ1n) is 5.69. The van der Waals surface area contributed by atoms with Gasteiger partial charge in [0.1, 0.15) is 15.9 Å². The van der Waals surface area contributed by atoms with Crippen molar-refractivity contribution in [3.8, 4) is 6.07 Å². The number of hydrogen-bond acceptors (Lipinski definition) is 7. The van der Waals surface area contributed by atoms with Crippen molar-refractivity contribution in [1.82, 2.24) is 0 Å². The number of hydrogen-bond donors (Lipinski definition) is 1. The predicted octanol–water partition coefficient (Wildman–Crippen LogP) is 1.48. The van der Waals surface area contributed by atoms with Crippen LogP contribution in [0.25, 0.3) is 0 Å². The molecular formula is C12H14N2O4S. The molecule has 0 saturated carbocycles. The highest BCUT2D eigenvalue weighted by Gasteiger charge is 2.24. The summed E-state index contributed by atoms with van der Waals surface area (Å²) >= 11 is 0.947. The summed E-state index contributed by atoms with van der Waals surface area (Å²) in [4.78, 5) is 23.4. The molecule has 0 atom stereocenters. The standard InChI is InChI=1S/C12H14N2O4S/c1-3-17-9(15)5-7-8(6-13)11(14)19-10(7)12(16)18-4-2/h3-5,14H2,1-2H3. The number of anilines is 1. The fourth-order valence-electron chi connectivity index (χ4n) is 1.49. The number of rotatable bonds is 5. The van der Waals surface area contributed by atoms with Crippen molar-refractivity contribution in [2.45, 2.75) is 20.3 Å². The van der Waals surface area contributed by atoms with Gasteiger partial charge in [-0.3, -0.25) is 4.79 Å². The first kappa shape index (κ1) is 15.0. The van der Waals surface area contributed by atoms with E-state index in [-0.39, 0.29) is 40.6 Å². The van der Waals surface area contributed by atoms with E-state index in [0.29, 0.717) is 0 Å². The summed E-state index contributed by atoms with van der Waals surface area (Å²) in [5, 5.41) is 9.24. The van der Waals surface area contributed by atoms with E-state index >= 15 is 0 Å². The van der Waals surface area contributed by atoms with Gasteiger partial charge < -0.3 is 15.2 Å². The molecular weight excluding hydrogens is 268 g/mol. The van der Waals surface area contributed by atoms with Gasteiger partial charge in [-0.2, -0.15) is 5.26 Å². The Labute approximate surface area is 114 Å². The molecule has 1 aromatic heterocycles. The molecule has 2 N–H and O–H groups in total. The first-order chi connectivity index (χ1) is 9.04. The summed E-state index contributed by atoms with van der Waals surface area (Å²) in [6.45, 7) is 3.79. The molecule has 7 heteroatoms. The van der Waals surface area contributed by atoms with Crippen LogP contribution in [0.1, 0.15) is 34.6 Å². The van der Waals surface area contributed by atoms with Crippen molar-refractivity contribution in [3.63, 3.8) is 0 Å². The van der Waals surface area contributed by atoms with Gasteiger partial charge in [0.2, 0.25) is 0 Å². The van der Waals surface area contributed by atoms with Crippen LogP contribution in [0.2, 0.25) is 0 Å². The average Bonchev–Trinajstić information content (AvgIpc) is 2.66. The summed E-state index contributed by atoms with van der Waals surface area (Å²) in [7, 11) is 0. The molecule has 1 heterocycles. The third-order valence-electron chi connectivity index (χ3n) is 2.23. The Hall–Kier alpha value is -2.07. The van der Waals surface area contributed by atoms with Crippen molar-refractivity contribution < 1.29 is 19.1 Å². The molecule has 102 valence electrons. The van der Waals surface area contributed by atoms with Crippen LogP contribution in [0, 0.1) is 11.3 Å². The molecule has 6 nitrogen and oxygen atoms in total. The predicted molar refractivity (Wildman–Crippen MR) is 69.7 cm³/mol. The van der Waals surface area contributed by atoms with Crippen LogP contribution in [0.3, 0.4) is 0 Å². The molecule has 0 aliphatic rings. The number of nitrogens with two attached hydrogens (primary N) is 1. The van der Waals surface area contributed by atoms with Crippen molar-refractivity contribution in [2.24, 2.45) is 0 Å². The van der Waals surface area contributed by atoms with Crippen LogP contribution in [-0.2, 0) is 20.7 Å². The quantitative estimate of drug-likeness (QED) is 0.821. The van der Waals surface area contributed by atoms with Crippen LogP contribution in [0.15, 0.2) is 0 Å². The summed E-state index contributed by atoms with van der Waals surface area (Å²) in [6.07, 6.45) is -0.168. The second-order valence-electron chi connectivity index (χ2n) is 3.46. The number of esters is 2. The smallest absolute Gasteiger partial charge is 0.348 e. The monoisotopic (exact) mass is 282 g/mol. The van der Waals surface area contributed by atoms with Crippen molar-refractivity contribution in [2.75, 3.05) is 18.9 Å². The lowest BCUT2D eigenvalue weighted by molar-refractivity contribution is -0.142. The lowest BCUT2D eigenvalue weighted by Gasteiger charge is -2.04. The van der Waals surface area contributed by atoms with Crippen LogP contribution >= 0.6 is 11.3 Å². The van der Waals surface area contributed by atoms with E-state index in [1.54, 1.807) is 13.8 Å². The highest BCUT2D eigenvalue weighted by molar-refractivity contribution is 7.18. The molecule has 0 aromatic carbocycles. The molecule has 0 radical (unpaired) electrons. The SMILES string of the molecule is CCOC(=O)Cc1c(C(=O)OCC)sc(N)c1C#N. The lowest BCUT2D eigenvalue weighted by Crippen LogP contribution is -2.12. The van der Waals surface area contributed by atoms with Gasteiger partial charge in [0.25, 0.3) is 0 Å². The van der Waals surface area contributed by atoms with Gasteiger partial charge in [-0.25, -0.2) is 4.79 Å². The summed E-state index contributed by atoms with van der Waals surface area (Å²) in [6, 6.07) is 1.90. The minimum atomic E-state index is -0.583. The average molecular weight is 282 g/mol.